The monoisotopic (exact) mass is 323 g/mol. The Labute approximate surface area is 133 Å². The van der Waals surface area contributed by atoms with E-state index in [1.165, 1.54) is 4.90 Å². The van der Waals surface area contributed by atoms with E-state index in [1.807, 2.05) is 0 Å². The Hall–Kier alpha value is -2.12. The predicted octanol–water partition coefficient (Wildman–Crippen LogP) is 0.174. The molecule has 8 nitrogen and oxygen atoms in total. The van der Waals surface area contributed by atoms with Crippen molar-refractivity contribution in [3.8, 4) is 0 Å². The highest BCUT2D eigenvalue weighted by atomic mass is 16.4. The van der Waals surface area contributed by atoms with Crippen LogP contribution in [0.15, 0.2) is 0 Å². The standard InChI is InChI=1S/C15H21N3O5/c19-11(17-7-3-10(9-17)12(20)21)4-8-18-13(22)15(16-14(18)23)5-1-2-6-15/h10H,1-9H2,(H,16,23)(H,20,21)/t10-/m0/s1. The van der Waals surface area contributed by atoms with Crippen LogP contribution in [0.2, 0.25) is 0 Å². The third kappa shape index (κ3) is 2.77. The summed E-state index contributed by atoms with van der Waals surface area (Å²) in [4.78, 5) is 50.2. The molecule has 2 saturated heterocycles. The number of rotatable bonds is 4. The number of carbonyl (C=O) groups is 4. The van der Waals surface area contributed by atoms with Crippen molar-refractivity contribution in [1.82, 2.24) is 15.1 Å². The summed E-state index contributed by atoms with van der Waals surface area (Å²) < 4.78 is 0. The Morgan fingerprint density at radius 1 is 1.26 bits per heavy atom. The fraction of sp³-hybridized carbons (Fsp3) is 0.733. The normalized spacial score (nSPS) is 26.2. The van der Waals surface area contributed by atoms with Crippen molar-refractivity contribution in [2.75, 3.05) is 19.6 Å². The molecule has 2 N–H and O–H groups in total. The molecule has 8 heteroatoms. The second-order valence-electron chi connectivity index (χ2n) is 6.59. The highest BCUT2D eigenvalue weighted by Crippen LogP contribution is 2.35. The molecule has 0 radical (unpaired) electrons. The Morgan fingerprint density at radius 2 is 1.96 bits per heavy atom. The van der Waals surface area contributed by atoms with Crippen LogP contribution in [0.25, 0.3) is 0 Å². The number of nitrogens with zero attached hydrogens (tertiary/aromatic N) is 2. The molecule has 4 amide bonds. The van der Waals surface area contributed by atoms with Crippen LogP contribution in [-0.4, -0.2) is 63.9 Å². The number of nitrogens with one attached hydrogen (secondary N) is 1. The molecule has 126 valence electrons. The Kier molecular flexibility index (Phi) is 3.99. The van der Waals surface area contributed by atoms with Crippen LogP contribution in [0.5, 0.6) is 0 Å². The van der Waals surface area contributed by atoms with E-state index in [-0.39, 0.29) is 31.3 Å². The highest BCUT2D eigenvalue weighted by Gasteiger charge is 2.52. The van der Waals surface area contributed by atoms with E-state index < -0.39 is 23.5 Å². The molecule has 0 aromatic carbocycles. The molecular formula is C15H21N3O5. The van der Waals surface area contributed by atoms with E-state index in [2.05, 4.69) is 5.32 Å². The Morgan fingerprint density at radius 3 is 2.57 bits per heavy atom. The average molecular weight is 323 g/mol. The lowest BCUT2D eigenvalue weighted by Crippen LogP contribution is -2.44. The van der Waals surface area contributed by atoms with Gasteiger partial charge in [0.1, 0.15) is 5.54 Å². The van der Waals surface area contributed by atoms with Gasteiger partial charge in [0, 0.05) is 26.1 Å². The lowest BCUT2D eigenvalue weighted by molar-refractivity contribution is -0.141. The summed E-state index contributed by atoms with van der Waals surface area (Å²) in [5, 5.41) is 11.7. The summed E-state index contributed by atoms with van der Waals surface area (Å²) >= 11 is 0. The van der Waals surface area contributed by atoms with E-state index in [0.29, 0.717) is 25.8 Å². The van der Waals surface area contributed by atoms with Gasteiger partial charge in [0.15, 0.2) is 0 Å². The maximum Gasteiger partial charge on any atom is 0.325 e. The molecule has 0 unspecified atom stereocenters. The summed E-state index contributed by atoms with van der Waals surface area (Å²) in [5.41, 5.74) is -0.748. The van der Waals surface area contributed by atoms with Crippen molar-refractivity contribution in [1.29, 1.82) is 0 Å². The first-order chi connectivity index (χ1) is 10.9. The Bertz CT molecular complexity index is 555. The molecule has 3 rings (SSSR count). The maximum atomic E-state index is 12.5. The third-order valence-corrected chi connectivity index (χ3v) is 5.14. The van der Waals surface area contributed by atoms with Gasteiger partial charge in [-0.15, -0.1) is 0 Å². The van der Waals surface area contributed by atoms with Crippen molar-refractivity contribution in [3.05, 3.63) is 0 Å². The number of hydrogen-bond acceptors (Lipinski definition) is 4. The van der Waals surface area contributed by atoms with Crippen LogP contribution in [0.1, 0.15) is 38.5 Å². The summed E-state index contributed by atoms with van der Waals surface area (Å²) in [7, 11) is 0. The maximum absolute atomic E-state index is 12.5. The van der Waals surface area contributed by atoms with Crippen molar-refractivity contribution < 1.29 is 24.3 Å². The van der Waals surface area contributed by atoms with Gasteiger partial charge in [0.2, 0.25) is 5.91 Å². The minimum Gasteiger partial charge on any atom is -0.481 e. The quantitative estimate of drug-likeness (QED) is 0.717. The Balaban J connectivity index is 1.54. The molecule has 1 spiro atoms. The molecule has 3 fully saturated rings. The fourth-order valence-corrected chi connectivity index (χ4v) is 3.75. The van der Waals surface area contributed by atoms with E-state index in [4.69, 9.17) is 5.11 Å². The summed E-state index contributed by atoms with van der Waals surface area (Å²) in [6, 6.07) is -0.422. The average Bonchev–Trinajstić information content (AvgIpc) is 3.20. The summed E-state index contributed by atoms with van der Waals surface area (Å²) in [6.45, 7) is 0.678. The number of likely N-dealkylation sites (tertiary alicyclic amines) is 1. The zero-order valence-electron chi connectivity index (χ0n) is 12.9. The van der Waals surface area contributed by atoms with Crippen LogP contribution in [-0.2, 0) is 14.4 Å². The minimum atomic E-state index is -0.891. The number of imide groups is 1. The first kappa shape index (κ1) is 15.8. The van der Waals surface area contributed by atoms with Crippen molar-refractivity contribution >= 4 is 23.8 Å². The number of carboxylic acid groups (broad SMARTS) is 1. The zero-order chi connectivity index (χ0) is 16.6. The number of amides is 4. The third-order valence-electron chi connectivity index (χ3n) is 5.14. The highest BCUT2D eigenvalue weighted by molar-refractivity contribution is 6.07. The van der Waals surface area contributed by atoms with Gasteiger partial charge in [0.05, 0.1) is 5.92 Å². The molecule has 1 saturated carbocycles. The molecule has 3 aliphatic rings. The first-order valence-electron chi connectivity index (χ1n) is 8.08. The number of carboxylic acids is 1. The number of carbonyl (C=O) groups excluding carboxylic acids is 3. The van der Waals surface area contributed by atoms with Gasteiger partial charge < -0.3 is 15.3 Å². The van der Waals surface area contributed by atoms with E-state index >= 15 is 0 Å². The second-order valence-corrected chi connectivity index (χ2v) is 6.59. The first-order valence-corrected chi connectivity index (χ1v) is 8.08. The zero-order valence-corrected chi connectivity index (χ0v) is 12.9. The molecule has 0 bridgehead atoms. The number of aliphatic carboxylic acids is 1. The smallest absolute Gasteiger partial charge is 0.325 e. The van der Waals surface area contributed by atoms with Crippen LogP contribution < -0.4 is 5.32 Å². The fourth-order valence-electron chi connectivity index (χ4n) is 3.75. The molecule has 1 atom stereocenters. The second kappa shape index (κ2) is 5.82. The van der Waals surface area contributed by atoms with Crippen molar-refractivity contribution in [3.63, 3.8) is 0 Å². The van der Waals surface area contributed by atoms with Crippen LogP contribution in [0.4, 0.5) is 4.79 Å². The van der Waals surface area contributed by atoms with Gasteiger partial charge in [-0.3, -0.25) is 19.3 Å². The van der Waals surface area contributed by atoms with E-state index in [9.17, 15) is 19.2 Å². The molecule has 0 aromatic heterocycles. The lowest BCUT2D eigenvalue weighted by Gasteiger charge is -2.21. The van der Waals surface area contributed by atoms with Gasteiger partial charge in [-0.25, -0.2) is 4.79 Å². The molecule has 0 aromatic rings. The van der Waals surface area contributed by atoms with Gasteiger partial charge >= 0.3 is 12.0 Å². The molecule has 23 heavy (non-hydrogen) atoms. The van der Waals surface area contributed by atoms with Gasteiger partial charge in [-0.2, -0.15) is 0 Å². The van der Waals surface area contributed by atoms with E-state index in [1.54, 1.807) is 0 Å². The van der Waals surface area contributed by atoms with Crippen LogP contribution >= 0.6 is 0 Å². The van der Waals surface area contributed by atoms with Gasteiger partial charge in [-0.05, 0) is 19.3 Å². The molecular weight excluding hydrogens is 302 g/mol. The topological polar surface area (TPSA) is 107 Å². The van der Waals surface area contributed by atoms with Gasteiger partial charge in [-0.1, -0.05) is 12.8 Å². The molecule has 2 heterocycles. The number of hydrogen-bond donors (Lipinski definition) is 2. The predicted molar refractivity (Wildman–Crippen MR) is 78.4 cm³/mol. The summed E-state index contributed by atoms with van der Waals surface area (Å²) in [5.74, 6) is -1.84. The van der Waals surface area contributed by atoms with Crippen molar-refractivity contribution in [2.45, 2.75) is 44.1 Å². The SMILES string of the molecule is O=C(O)[C@H]1CCN(C(=O)CCN2C(=O)NC3(CCCC3)C2=O)C1. The molecule has 2 aliphatic heterocycles. The minimum absolute atomic E-state index is 0.0432. The van der Waals surface area contributed by atoms with Gasteiger partial charge in [0.25, 0.3) is 5.91 Å². The largest absolute Gasteiger partial charge is 0.481 e. The summed E-state index contributed by atoms with van der Waals surface area (Å²) in [6.07, 6.45) is 3.66. The van der Waals surface area contributed by atoms with Crippen molar-refractivity contribution in [2.24, 2.45) is 5.92 Å². The van der Waals surface area contributed by atoms with Crippen LogP contribution in [0.3, 0.4) is 0 Å². The number of urea groups is 1. The molecule has 1 aliphatic carbocycles. The van der Waals surface area contributed by atoms with E-state index in [0.717, 1.165) is 17.7 Å². The van der Waals surface area contributed by atoms with Crippen LogP contribution in [0, 0.1) is 5.92 Å². The lowest BCUT2D eigenvalue weighted by atomic mass is 9.98.